The van der Waals surface area contributed by atoms with Gasteiger partial charge in [-0.1, -0.05) is 48.2 Å². The number of nitrogens with zero attached hydrogens (tertiary/aromatic N) is 6. The molecule has 0 spiro atoms. The van der Waals surface area contributed by atoms with Crippen LogP contribution in [0.25, 0.3) is 0 Å². The van der Waals surface area contributed by atoms with Crippen LogP contribution in [-0.4, -0.2) is 62.0 Å². The first-order valence-electron chi connectivity index (χ1n) is 13.8. The first kappa shape index (κ1) is 26.5. The first-order chi connectivity index (χ1) is 20.1. The van der Waals surface area contributed by atoms with Crippen LogP contribution in [0.3, 0.4) is 0 Å². The molecule has 4 heterocycles. The maximum absolute atomic E-state index is 13.0. The van der Waals surface area contributed by atoms with Gasteiger partial charge in [0.25, 0.3) is 0 Å². The minimum Gasteiger partial charge on any atom is -0.321 e. The van der Waals surface area contributed by atoms with Gasteiger partial charge < -0.3 is 15.5 Å². The van der Waals surface area contributed by atoms with Gasteiger partial charge in [0.1, 0.15) is 0 Å². The van der Waals surface area contributed by atoms with Crippen molar-refractivity contribution in [3.63, 3.8) is 0 Å². The van der Waals surface area contributed by atoms with Crippen LogP contribution in [0.5, 0.6) is 0 Å². The van der Waals surface area contributed by atoms with Gasteiger partial charge in [0.2, 0.25) is 5.95 Å². The Hall–Kier alpha value is -4.72. The first-order valence-corrected chi connectivity index (χ1v) is 13.8. The molecule has 10 nitrogen and oxygen atoms in total. The van der Waals surface area contributed by atoms with E-state index in [2.05, 4.69) is 49.5 Å². The Morgan fingerprint density at radius 1 is 1.00 bits per heavy atom. The molecular weight excluding hydrogens is 516 g/mol. The van der Waals surface area contributed by atoms with E-state index in [1.54, 1.807) is 18.6 Å². The number of likely N-dealkylation sites (N-methyl/N-ethyl adjacent to an activating group) is 1. The third-order valence-corrected chi connectivity index (χ3v) is 7.36. The summed E-state index contributed by atoms with van der Waals surface area (Å²) in [5, 5.41) is 12.0. The van der Waals surface area contributed by atoms with E-state index in [1.807, 2.05) is 65.5 Å². The number of hydroxylamine groups is 2. The van der Waals surface area contributed by atoms with Crippen molar-refractivity contribution in [3.05, 3.63) is 96.1 Å². The number of nitrogens with one attached hydrogen (secondary N) is 2. The van der Waals surface area contributed by atoms with Gasteiger partial charge in [0, 0.05) is 42.3 Å². The van der Waals surface area contributed by atoms with E-state index in [4.69, 9.17) is 4.84 Å². The highest BCUT2D eigenvalue weighted by Gasteiger charge is 2.31. The normalized spacial score (nSPS) is 18.6. The number of carbonyl (C=O) groups excluding carboxylic acids is 1. The topological polar surface area (TPSA) is 100 Å². The van der Waals surface area contributed by atoms with Crippen molar-refractivity contribution in [2.45, 2.75) is 37.9 Å². The SMILES string of the molecule is CN1CCC[C@@H]1Cn1cc(Nc2ncc(C#Cc3cccc(NC(=O)N4OCC[C@H]4c4ccccc4)c3)cn2)cn1. The van der Waals surface area contributed by atoms with Crippen molar-refractivity contribution in [1.29, 1.82) is 0 Å². The fourth-order valence-electron chi connectivity index (χ4n) is 5.19. The molecule has 0 bridgehead atoms. The molecule has 0 unspecified atom stereocenters. The Bertz CT molecular complexity index is 1540. The lowest BCUT2D eigenvalue weighted by Gasteiger charge is -2.23. The van der Waals surface area contributed by atoms with Gasteiger partial charge in [-0.05, 0) is 50.2 Å². The zero-order chi connectivity index (χ0) is 28.0. The number of benzene rings is 2. The summed E-state index contributed by atoms with van der Waals surface area (Å²) in [6.07, 6.45) is 10.3. The molecule has 6 rings (SSSR count). The summed E-state index contributed by atoms with van der Waals surface area (Å²) in [6.45, 7) is 2.52. The number of aromatic nitrogens is 4. The second-order valence-corrected chi connectivity index (χ2v) is 10.3. The van der Waals surface area contributed by atoms with Crippen LogP contribution < -0.4 is 10.6 Å². The molecule has 2 fully saturated rings. The number of likely N-dealkylation sites (tertiary alicyclic amines) is 1. The van der Waals surface area contributed by atoms with E-state index in [-0.39, 0.29) is 12.1 Å². The number of carbonyl (C=O) groups is 1. The maximum atomic E-state index is 13.0. The Kier molecular flexibility index (Phi) is 7.89. The Morgan fingerprint density at radius 2 is 1.83 bits per heavy atom. The lowest BCUT2D eigenvalue weighted by Crippen LogP contribution is -2.33. The Labute approximate surface area is 239 Å². The average Bonchev–Trinajstić information content (AvgIpc) is 3.76. The molecule has 41 heavy (non-hydrogen) atoms. The number of hydrogen-bond donors (Lipinski definition) is 2. The quantitative estimate of drug-likeness (QED) is 0.333. The van der Waals surface area contributed by atoms with Gasteiger partial charge in [-0.3, -0.25) is 9.52 Å². The summed E-state index contributed by atoms with van der Waals surface area (Å²) in [6, 6.07) is 17.4. The van der Waals surface area contributed by atoms with E-state index in [0.717, 1.165) is 36.3 Å². The predicted octanol–water partition coefficient (Wildman–Crippen LogP) is 4.82. The van der Waals surface area contributed by atoms with Crippen molar-refractivity contribution in [2.75, 3.05) is 30.8 Å². The molecule has 10 heteroatoms. The molecule has 2 N–H and O–H groups in total. The summed E-state index contributed by atoms with van der Waals surface area (Å²) in [7, 11) is 2.17. The summed E-state index contributed by atoms with van der Waals surface area (Å²) < 4.78 is 1.96. The third kappa shape index (κ3) is 6.54. The summed E-state index contributed by atoms with van der Waals surface area (Å²) >= 11 is 0. The van der Waals surface area contributed by atoms with Crippen LogP contribution in [0, 0.1) is 11.8 Å². The van der Waals surface area contributed by atoms with Crippen molar-refractivity contribution in [3.8, 4) is 11.8 Å². The second-order valence-electron chi connectivity index (χ2n) is 10.3. The molecule has 2 aliphatic rings. The van der Waals surface area contributed by atoms with Gasteiger partial charge >= 0.3 is 6.03 Å². The average molecular weight is 549 g/mol. The van der Waals surface area contributed by atoms with Crippen LogP contribution in [0.2, 0.25) is 0 Å². The van der Waals surface area contributed by atoms with Crippen molar-refractivity contribution in [1.82, 2.24) is 29.7 Å². The fraction of sp³-hybridized carbons (Fsp3) is 0.290. The lowest BCUT2D eigenvalue weighted by molar-refractivity contribution is -0.0829. The zero-order valence-corrected chi connectivity index (χ0v) is 22.9. The van der Waals surface area contributed by atoms with Crippen molar-refractivity contribution >= 4 is 23.4 Å². The molecule has 2 aromatic carbocycles. The second kappa shape index (κ2) is 12.2. The molecule has 208 valence electrons. The van der Waals surface area contributed by atoms with E-state index < -0.39 is 0 Å². The van der Waals surface area contributed by atoms with E-state index in [1.165, 1.54) is 17.9 Å². The Morgan fingerprint density at radius 3 is 2.63 bits per heavy atom. The van der Waals surface area contributed by atoms with Gasteiger partial charge in [-0.15, -0.1) is 0 Å². The van der Waals surface area contributed by atoms with Crippen molar-refractivity contribution in [2.24, 2.45) is 0 Å². The number of anilines is 3. The van der Waals surface area contributed by atoms with Gasteiger partial charge in [-0.2, -0.15) is 10.2 Å². The highest BCUT2D eigenvalue weighted by atomic mass is 16.7. The molecule has 2 amide bonds. The van der Waals surface area contributed by atoms with E-state index in [9.17, 15) is 4.79 Å². The minimum absolute atomic E-state index is 0.119. The Balaban J connectivity index is 1.05. The molecule has 2 atom stereocenters. The minimum atomic E-state index is -0.311. The van der Waals surface area contributed by atoms with Crippen LogP contribution >= 0.6 is 0 Å². The summed E-state index contributed by atoms with van der Waals surface area (Å²) in [5.74, 6) is 6.70. The smallest absolute Gasteiger partial charge is 0.321 e. The number of hydrogen-bond acceptors (Lipinski definition) is 7. The van der Waals surface area contributed by atoms with Gasteiger partial charge in [0.15, 0.2) is 0 Å². The zero-order valence-electron chi connectivity index (χ0n) is 22.9. The van der Waals surface area contributed by atoms with Gasteiger partial charge in [0.05, 0.1) is 36.6 Å². The van der Waals surface area contributed by atoms with Gasteiger partial charge in [-0.25, -0.2) is 14.8 Å². The molecule has 2 aliphatic heterocycles. The third-order valence-electron chi connectivity index (χ3n) is 7.36. The monoisotopic (exact) mass is 548 g/mol. The highest BCUT2D eigenvalue weighted by Crippen LogP contribution is 2.30. The van der Waals surface area contributed by atoms with E-state index in [0.29, 0.717) is 29.8 Å². The molecule has 2 saturated heterocycles. The number of amides is 2. The van der Waals surface area contributed by atoms with Crippen LogP contribution in [0.15, 0.2) is 79.4 Å². The molecule has 0 saturated carbocycles. The maximum Gasteiger partial charge on any atom is 0.346 e. The fourth-order valence-corrected chi connectivity index (χ4v) is 5.19. The molecule has 4 aromatic rings. The number of urea groups is 1. The highest BCUT2D eigenvalue weighted by molar-refractivity contribution is 5.89. The van der Waals surface area contributed by atoms with Crippen LogP contribution in [0.4, 0.5) is 22.1 Å². The summed E-state index contributed by atoms with van der Waals surface area (Å²) in [5.41, 5.74) is 3.97. The molecule has 0 radical (unpaired) electrons. The molecule has 2 aromatic heterocycles. The standard InChI is InChI=1S/C31H32N8O2/c1-37-15-6-11-28(37)22-38-21-27(20-34-38)35-30-32-18-24(19-33-30)13-12-23-7-5-10-26(17-23)36-31(40)39-29(14-16-41-39)25-8-3-2-4-9-25/h2-5,7-10,17-21,28-29H,6,11,14-16,22H2,1H3,(H,36,40)(H,32,33,35)/t28-,29+/m1/s1. The van der Waals surface area contributed by atoms with Crippen LogP contribution in [-0.2, 0) is 11.4 Å². The summed E-state index contributed by atoms with van der Waals surface area (Å²) in [4.78, 5) is 29.8. The molecular formula is C31H32N8O2. The molecule has 0 aliphatic carbocycles. The van der Waals surface area contributed by atoms with Crippen LogP contribution in [0.1, 0.15) is 42.0 Å². The van der Waals surface area contributed by atoms with E-state index >= 15 is 0 Å². The predicted molar refractivity (Wildman–Crippen MR) is 156 cm³/mol. The largest absolute Gasteiger partial charge is 0.346 e. The lowest BCUT2D eigenvalue weighted by atomic mass is 10.1. The van der Waals surface area contributed by atoms with Crippen molar-refractivity contribution < 1.29 is 9.63 Å². The number of rotatable bonds is 6.